The van der Waals surface area contributed by atoms with Crippen molar-refractivity contribution < 1.29 is 22.3 Å². The van der Waals surface area contributed by atoms with Gasteiger partial charge in [0.2, 0.25) is 0 Å². The number of nitrogens with zero attached hydrogens (tertiary/aromatic N) is 4. The number of nitrogens with two attached hydrogens (primary N) is 1. The van der Waals surface area contributed by atoms with Crippen molar-refractivity contribution in [2.45, 2.75) is 13.0 Å². The van der Waals surface area contributed by atoms with Crippen LogP contribution in [0.5, 0.6) is 11.5 Å². The lowest BCUT2D eigenvalue weighted by atomic mass is 10.0. The van der Waals surface area contributed by atoms with Crippen molar-refractivity contribution in [2.75, 3.05) is 33.2 Å². The average molecular weight is 501 g/mol. The fraction of sp³-hybridized carbons (Fsp3) is 0.304. The van der Waals surface area contributed by atoms with Crippen LogP contribution in [-0.4, -0.2) is 73.1 Å². The number of likely N-dealkylation sites (N-methyl/N-ethyl adjacent to an activating group) is 1. The smallest absolute Gasteiger partial charge is 0.404 e. The van der Waals surface area contributed by atoms with Gasteiger partial charge in [0.05, 0.1) is 6.21 Å². The summed E-state index contributed by atoms with van der Waals surface area (Å²) >= 11 is 0. The number of piperazine rings is 1. The van der Waals surface area contributed by atoms with Gasteiger partial charge in [-0.15, -0.1) is 0 Å². The molecule has 2 aliphatic rings. The summed E-state index contributed by atoms with van der Waals surface area (Å²) in [5, 5.41) is 0.763. The number of halogens is 1. The normalized spacial score (nSPS) is 21.9. The van der Waals surface area contributed by atoms with Crippen LogP contribution in [0, 0.1) is 0 Å². The number of fused-ring (bicyclic) bond motifs is 2. The van der Waals surface area contributed by atoms with Gasteiger partial charge in [0, 0.05) is 73.8 Å². The zero-order valence-electron chi connectivity index (χ0n) is 19.2. The van der Waals surface area contributed by atoms with Crippen molar-refractivity contribution in [3.63, 3.8) is 0 Å². The number of nitrogens with one attached hydrogen (secondary N) is 1. The van der Waals surface area contributed by atoms with Gasteiger partial charge in [0.15, 0.2) is 11.5 Å². The highest BCUT2D eigenvalue weighted by Crippen LogP contribution is 2.43. The number of hydrogen-bond acceptors (Lipinski definition) is 7. The molecular weight excluding hydrogens is 475 g/mol. The van der Waals surface area contributed by atoms with Gasteiger partial charge in [-0.05, 0) is 30.8 Å². The molecule has 2 aromatic heterocycles. The molecule has 10 nitrogen and oxygen atoms in total. The van der Waals surface area contributed by atoms with Crippen molar-refractivity contribution in [3.8, 4) is 22.6 Å². The zero-order valence-corrected chi connectivity index (χ0v) is 20.0. The molecule has 0 saturated carbocycles. The van der Waals surface area contributed by atoms with E-state index in [2.05, 4.69) is 19.3 Å². The fourth-order valence-corrected chi connectivity index (χ4v) is 5.08. The number of H-pyrrole nitrogens is 1. The molecular formula is C23H25FN6O4S. The van der Waals surface area contributed by atoms with Crippen molar-refractivity contribution in [1.82, 2.24) is 19.2 Å². The summed E-state index contributed by atoms with van der Waals surface area (Å²) in [5.74, 6) is 0.623. The van der Waals surface area contributed by atoms with E-state index in [1.54, 1.807) is 30.6 Å². The van der Waals surface area contributed by atoms with Crippen LogP contribution >= 0.6 is 0 Å². The predicted molar refractivity (Wildman–Crippen MR) is 131 cm³/mol. The third-order valence-electron chi connectivity index (χ3n) is 6.00. The van der Waals surface area contributed by atoms with Crippen LogP contribution in [0.1, 0.15) is 12.5 Å². The number of benzene rings is 1. The maximum absolute atomic E-state index is 14.1. The van der Waals surface area contributed by atoms with Crippen LogP contribution in [0.25, 0.3) is 27.7 Å². The van der Waals surface area contributed by atoms with E-state index in [1.165, 1.54) is 23.6 Å². The summed E-state index contributed by atoms with van der Waals surface area (Å²) in [5.41, 5.74) is 9.00. The predicted octanol–water partition coefficient (Wildman–Crippen LogP) is 2.51. The molecule has 0 amide bonds. The Balaban J connectivity index is 1.44. The third-order valence-corrected chi connectivity index (χ3v) is 7.39. The molecule has 0 spiro atoms. The number of aromatic nitrogens is 2. The number of hydrogen-bond donors (Lipinski definition) is 2. The second-order valence-electron chi connectivity index (χ2n) is 8.56. The molecule has 3 aromatic rings. The van der Waals surface area contributed by atoms with Crippen LogP contribution in [-0.2, 0) is 10.2 Å². The van der Waals surface area contributed by atoms with Gasteiger partial charge in [-0.25, -0.2) is 4.98 Å². The Hall–Kier alpha value is -3.48. The van der Waals surface area contributed by atoms with Crippen LogP contribution in [0.4, 0.5) is 4.39 Å². The van der Waals surface area contributed by atoms with Gasteiger partial charge in [0.1, 0.15) is 5.65 Å². The Kier molecular flexibility index (Phi) is 5.74. The van der Waals surface area contributed by atoms with Crippen LogP contribution in [0.3, 0.4) is 0 Å². The summed E-state index contributed by atoms with van der Waals surface area (Å²) in [7, 11) is -1.87. The molecule has 0 radical (unpaired) electrons. The molecule has 3 N–H and O–H groups in total. The SMILES string of the molecule is CN1CCN(S(=O)(=O)N=CC(=CN)c2cnc3[nH]cc(-c4ccc5c(c4)OC(C)(F)O5)c3c2)CC1. The number of alkyl halides is 1. The van der Waals surface area contributed by atoms with Crippen molar-refractivity contribution in [2.24, 2.45) is 10.1 Å². The third kappa shape index (κ3) is 4.59. The minimum Gasteiger partial charge on any atom is -0.423 e. The zero-order chi connectivity index (χ0) is 24.8. The minimum atomic E-state index is -3.82. The molecule has 0 aliphatic carbocycles. The Bertz CT molecular complexity index is 1440. The van der Waals surface area contributed by atoms with E-state index >= 15 is 0 Å². The molecule has 1 atom stereocenters. The Labute approximate surface area is 202 Å². The first-order valence-corrected chi connectivity index (χ1v) is 12.4. The first kappa shape index (κ1) is 23.3. The van der Waals surface area contributed by atoms with Gasteiger partial charge in [-0.3, -0.25) is 0 Å². The first-order valence-electron chi connectivity index (χ1n) is 11.0. The van der Waals surface area contributed by atoms with Crippen molar-refractivity contribution in [1.29, 1.82) is 0 Å². The second kappa shape index (κ2) is 8.63. The van der Waals surface area contributed by atoms with Crippen molar-refractivity contribution in [3.05, 3.63) is 48.4 Å². The minimum absolute atomic E-state index is 0.301. The van der Waals surface area contributed by atoms with Crippen LogP contribution in [0.2, 0.25) is 0 Å². The van der Waals surface area contributed by atoms with Gasteiger partial charge in [-0.2, -0.15) is 21.5 Å². The Morgan fingerprint density at radius 3 is 2.71 bits per heavy atom. The lowest BCUT2D eigenvalue weighted by molar-refractivity contribution is -0.173. The lowest BCUT2D eigenvalue weighted by Gasteiger charge is -2.29. The van der Waals surface area contributed by atoms with E-state index in [0.717, 1.165) is 16.5 Å². The standard InChI is InChI=1S/C23H25FN6O4S/c1-23(24)33-20-4-3-15(10-21(20)34-23)19-14-27-22-18(19)9-16(12-26-22)17(11-25)13-28-35(31,32)30-7-5-29(2)6-8-30/h3-4,9-14H,5-8,25H2,1-2H3,(H,26,27). The van der Waals surface area contributed by atoms with E-state index in [4.69, 9.17) is 15.2 Å². The molecule has 1 fully saturated rings. The number of allylic oxidation sites excluding steroid dienone is 1. The highest BCUT2D eigenvalue weighted by atomic mass is 32.2. The Morgan fingerprint density at radius 2 is 1.97 bits per heavy atom. The summed E-state index contributed by atoms with van der Waals surface area (Å²) in [6.07, 6.45) is 5.90. The van der Waals surface area contributed by atoms with Gasteiger partial charge in [0.25, 0.3) is 0 Å². The molecule has 1 aromatic carbocycles. The van der Waals surface area contributed by atoms with Gasteiger partial charge < -0.3 is 25.1 Å². The van der Waals surface area contributed by atoms with Gasteiger partial charge in [-0.1, -0.05) is 6.07 Å². The monoisotopic (exact) mass is 500 g/mol. The largest absolute Gasteiger partial charge is 0.423 e. The highest BCUT2D eigenvalue weighted by Gasteiger charge is 2.37. The molecule has 0 bridgehead atoms. The number of pyridine rings is 1. The second-order valence-corrected chi connectivity index (χ2v) is 10.2. The quantitative estimate of drug-likeness (QED) is 0.516. The average Bonchev–Trinajstić information content (AvgIpc) is 3.37. The van der Waals surface area contributed by atoms with Crippen LogP contribution < -0.4 is 15.2 Å². The van der Waals surface area contributed by atoms with Gasteiger partial charge >= 0.3 is 16.3 Å². The van der Waals surface area contributed by atoms with Crippen LogP contribution in [0.15, 0.2) is 47.3 Å². The van der Waals surface area contributed by atoms with E-state index in [9.17, 15) is 12.8 Å². The van der Waals surface area contributed by atoms with E-state index in [-0.39, 0.29) is 0 Å². The fourth-order valence-electron chi connectivity index (χ4n) is 4.08. The molecule has 4 heterocycles. The molecule has 1 unspecified atom stereocenters. The topological polar surface area (TPSA) is 126 Å². The summed E-state index contributed by atoms with van der Waals surface area (Å²) < 4.78 is 55.0. The molecule has 184 valence electrons. The molecule has 5 rings (SSSR count). The number of rotatable bonds is 5. The highest BCUT2D eigenvalue weighted by molar-refractivity contribution is 7.87. The molecule has 35 heavy (non-hydrogen) atoms. The molecule has 1 saturated heterocycles. The van der Waals surface area contributed by atoms with E-state index < -0.39 is 16.3 Å². The summed E-state index contributed by atoms with van der Waals surface area (Å²) in [6, 6.07) is 4.76. The lowest BCUT2D eigenvalue weighted by Crippen LogP contribution is -2.46. The summed E-state index contributed by atoms with van der Waals surface area (Å²) in [4.78, 5) is 9.61. The molecule has 12 heteroatoms. The van der Waals surface area contributed by atoms with E-state index in [1.807, 2.05) is 13.1 Å². The first-order chi connectivity index (χ1) is 16.6. The molecule has 2 aliphatic heterocycles. The maximum atomic E-state index is 14.1. The number of aromatic amines is 1. The summed E-state index contributed by atoms with van der Waals surface area (Å²) in [6.45, 7) is 3.26. The van der Waals surface area contributed by atoms with Crippen molar-refractivity contribution >= 4 is 33.0 Å². The number of ether oxygens (including phenoxy) is 2. The Morgan fingerprint density at radius 1 is 1.23 bits per heavy atom. The van der Waals surface area contributed by atoms with E-state index in [0.29, 0.717) is 54.5 Å². The maximum Gasteiger partial charge on any atom is 0.404 e.